The summed E-state index contributed by atoms with van der Waals surface area (Å²) in [6, 6.07) is 5.69. The molecule has 4 heteroatoms. The molecule has 0 spiro atoms. The van der Waals surface area contributed by atoms with Crippen LogP contribution in [0.4, 0.5) is 0 Å². The first kappa shape index (κ1) is 7.64. The summed E-state index contributed by atoms with van der Waals surface area (Å²) in [7, 11) is 0. The third-order valence-electron chi connectivity index (χ3n) is 1.75. The van der Waals surface area contributed by atoms with E-state index in [1.54, 1.807) is 6.92 Å². The van der Waals surface area contributed by atoms with Gasteiger partial charge in [0.05, 0.1) is 10.8 Å². The SMILES string of the molecule is CC(O)c1ccc2snnc2c1. The molecule has 3 nitrogen and oxygen atoms in total. The normalized spacial score (nSPS) is 13.5. The molecule has 0 radical (unpaired) electrons. The number of fused-ring (bicyclic) bond motifs is 1. The monoisotopic (exact) mass is 180 g/mol. The van der Waals surface area contributed by atoms with Crippen LogP contribution in [0.5, 0.6) is 0 Å². The van der Waals surface area contributed by atoms with Gasteiger partial charge in [-0.1, -0.05) is 10.6 Å². The second-order valence-electron chi connectivity index (χ2n) is 2.68. The minimum atomic E-state index is -0.434. The van der Waals surface area contributed by atoms with Crippen LogP contribution in [0.25, 0.3) is 10.2 Å². The Hall–Kier alpha value is -1.00. The van der Waals surface area contributed by atoms with E-state index in [1.807, 2.05) is 18.2 Å². The molecule has 0 fully saturated rings. The Morgan fingerprint density at radius 3 is 3.08 bits per heavy atom. The molecule has 1 N–H and O–H groups in total. The van der Waals surface area contributed by atoms with Crippen LogP contribution >= 0.6 is 11.5 Å². The average molecular weight is 180 g/mol. The molecule has 1 heterocycles. The molecule has 0 saturated heterocycles. The van der Waals surface area contributed by atoms with Crippen LogP contribution in [0.3, 0.4) is 0 Å². The Labute approximate surface area is 73.8 Å². The number of benzene rings is 1. The first-order valence-electron chi connectivity index (χ1n) is 3.67. The van der Waals surface area contributed by atoms with Crippen molar-refractivity contribution >= 4 is 21.7 Å². The van der Waals surface area contributed by atoms with Gasteiger partial charge < -0.3 is 5.11 Å². The second kappa shape index (κ2) is 2.80. The lowest BCUT2D eigenvalue weighted by Gasteiger charge is -2.02. The number of aromatic nitrogens is 2. The highest BCUT2D eigenvalue weighted by atomic mass is 32.1. The largest absolute Gasteiger partial charge is 0.389 e. The number of aliphatic hydroxyl groups excluding tert-OH is 1. The fourth-order valence-electron chi connectivity index (χ4n) is 1.06. The van der Waals surface area contributed by atoms with Crippen molar-refractivity contribution in [3.8, 4) is 0 Å². The van der Waals surface area contributed by atoms with E-state index in [1.165, 1.54) is 11.5 Å². The van der Waals surface area contributed by atoms with Gasteiger partial charge >= 0.3 is 0 Å². The summed E-state index contributed by atoms with van der Waals surface area (Å²) < 4.78 is 4.87. The minimum absolute atomic E-state index is 0.434. The van der Waals surface area contributed by atoms with E-state index in [0.717, 1.165) is 15.8 Å². The number of hydrogen-bond donors (Lipinski definition) is 1. The minimum Gasteiger partial charge on any atom is -0.389 e. The Balaban J connectivity index is 2.60. The van der Waals surface area contributed by atoms with Gasteiger partial charge in [0.15, 0.2) is 0 Å². The molecule has 12 heavy (non-hydrogen) atoms. The van der Waals surface area contributed by atoms with E-state index in [-0.39, 0.29) is 0 Å². The summed E-state index contributed by atoms with van der Waals surface area (Å²) in [5.41, 5.74) is 1.74. The number of hydrogen-bond acceptors (Lipinski definition) is 4. The predicted octanol–water partition coefficient (Wildman–Crippen LogP) is 1.74. The lowest BCUT2D eigenvalue weighted by molar-refractivity contribution is 0.199. The highest BCUT2D eigenvalue weighted by molar-refractivity contribution is 7.12. The van der Waals surface area contributed by atoms with Crippen LogP contribution in [0.2, 0.25) is 0 Å². The van der Waals surface area contributed by atoms with Gasteiger partial charge in [-0.3, -0.25) is 0 Å². The summed E-state index contributed by atoms with van der Waals surface area (Å²) in [6.07, 6.45) is -0.434. The van der Waals surface area contributed by atoms with Crippen LogP contribution in [0, 0.1) is 0 Å². The molecule has 0 aliphatic carbocycles. The lowest BCUT2D eigenvalue weighted by Crippen LogP contribution is -1.89. The zero-order chi connectivity index (χ0) is 8.55. The molecule has 0 bridgehead atoms. The Kier molecular flexibility index (Phi) is 1.78. The van der Waals surface area contributed by atoms with Crippen molar-refractivity contribution < 1.29 is 5.11 Å². The van der Waals surface area contributed by atoms with E-state index in [0.29, 0.717) is 0 Å². The highest BCUT2D eigenvalue weighted by Crippen LogP contribution is 2.20. The maximum absolute atomic E-state index is 9.28. The zero-order valence-corrected chi connectivity index (χ0v) is 7.38. The Bertz CT molecular complexity index is 397. The summed E-state index contributed by atoms with van der Waals surface area (Å²) in [5, 5.41) is 13.2. The molecule has 1 unspecified atom stereocenters. The molecule has 2 aromatic rings. The van der Waals surface area contributed by atoms with Crippen molar-refractivity contribution in [2.75, 3.05) is 0 Å². The van der Waals surface area contributed by atoms with Gasteiger partial charge in [0, 0.05) is 0 Å². The van der Waals surface area contributed by atoms with E-state index >= 15 is 0 Å². The summed E-state index contributed by atoms with van der Waals surface area (Å²) >= 11 is 1.36. The fourth-order valence-corrected chi connectivity index (χ4v) is 1.60. The van der Waals surface area contributed by atoms with Crippen LogP contribution in [-0.4, -0.2) is 14.7 Å². The highest BCUT2D eigenvalue weighted by Gasteiger charge is 2.03. The summed E-state index contributed by atoms with van der Waals surface area (Å²) in [6.45, 7) is 1.74. The lowest BCUT2D eigenvalue weighted by atomic mass is 10.1. The molecule has 2 rings (SSSR count). The van der Waals surface area contributed by atoms with Gasteiger partial charge in [0.1, 0.15) is 5.52 Å². The van der Waals surface area contributed by atoms with E-state index < -0.39 is 6.10 Å². The molecule has 0 saturated carbocycles. The molecule has 1 aromatic heterocycles. The van der Waals surface area contributed by atoms with Gasteiger partial charge in [-0.05, 0) is 36.2 Å². The van der Waals surface area contributed by atoms with Crippen LogP contribution in [0.15, 0.2) is 18.2 Å². The standard InChI is InChI=1S/C8H8N2OS/c1-5(11)6-2-3-8-7(4-6)9-10-12-8/h2-5,11H,1H3. The third-order valence-corrected chi connectivity index (χ3v) is 2.46. The summed E-state index contributed by atoms with van der Waals surface area (Å²) in [5.74, 6) is 0. The second-order valence-corrected chi connectivity index (χ2v) is 3.46. The Morgan fingerprint density at radius 2 is 2.33 bits per heavy atom. The quantitative estimate of drug-likeness (QED) is 0.727. The molecular weight excluding hydrogens is 172 g/mol. The van der Waals surface area contributed by atoms with Crippen molar-refractivity contribution in [3.63, 3.8) is 0 Å². The number of nitrogens with zero attached hydrogens (tertiary/aromatic N) is 2. The third kappa shape index (κ3) is 1.19. The van der Waals surface area contributed by atoms with Crippen LogP contribution < -0.4 is 0 Å². The average Bonchev–Trinajstić information content (AvgIpc) is 2.49. The molecule has 0 amide bonds. The van der Waals surface area contributed by atoms with Gasteiger partial charge in [-0.25, -0.2) is 0 Å². The molecule has 1 atom stereocenters. The molecular formula is C8H8N2OS. The molecule has 0 aliphatic heterocycles. The van der Waals surface area contributed by atoms with E-state index in [9.17, 15) is 5.11 Å². The maximum atomic E-state index is 9.28. The molecule has 1 aromatic carbocycles. The van der Waals surface area contributed by atoms with E-state index in [2.05, 4.69) is 9.59 Å². The summed E-state index contributed by atoms with van der Waals surface area (Å²) in [4.78, 5) is 0. The molecule has 62 valence electrons. The van der Waals surface area contributed by atoms with Crippen molar-refractivity contribution in [1.29, 1.82) is 0 Å². The van der Waals surface area contributed by atoms with Crippen molar-refractivity contribution in [1.82, 2.24) is 9.59 Å². The number of rotatable bonds is 1. The van der Waals surface area contributed by atoms with Gasteiger partial charge in [-0.15, -0.1) is 5.10 Å². The van der Waals surface area contributed by atoms with Gasteiger partial charge in [0.25, 0.3) is 0 Å². The smallest absolute Gasteiger partial charge is 0.106 e. The van der Waals surface area contributed by atoms with Crippen LogP contribution in [-0.2, 0) is 0 Å². The first-order chi connectivity index (χ1) is 5.77. The Morgan fingerprint density at radius 1 is 1.50 bits per heavy atom. The topological polar surface area (TPSA) is 46.0 Å². The zero-order valence-electron chi connectivity index (χ0n) is 6.56. The van der Waals surface area contributed by atoms with Gasteiger partial charge in [-0.2, -0.15) is 0 Å². The molecule has 0 aliphatic rings. The van der Waals surface area contributed by atoms with Crippen molar-refractivity contribution in [3.05, 3.63) is 23.8 Å². The van der Waals surface area contributed by atoms with Gasteiger partial charge in [0.2, 0.25) is 0 Å². The van der Waals surface area contributed by atoms with Crippen molar-refractivity contribution in [2.45, 2.75) is 13.0 Å². The first-order valence-corrected chi connectivity index (χ1v) is 4.45. The fraction of sp³-hybridized carbons (Fsp3) is 0.250. The van der Waals surface area contributed by atoms with Crippen molar-refractivity contribution in [2.24, 2.45) is 0 Å². The maximum Gasteiger partial charge on any atom is 0.106 e. The predicted molar refractivity (Wildman–Crippen MR) is 48.0 cm³/mol. The van der Waals surface area contributed by atoms with Crippen LogP contribution in [0.1, 0.15) is 18.6 Å². The number of aliphatic hydroxyl groups is 1. The van der Waals surface area contributed by atoms with E-state index in [4.69, 9.17) is 0 Å².